The molecular weight excluding hydrogens is 811 g/mol. The van der Waals surface area contributed by atoms with Crippen molar-refractivity contribution in [3.8, 4) is 27.9 Å². The highest BCUT2D eigenvalue weighted by Gasteiger charge is 2.20. The number of nitrogens with zero attached hydrogens (tertiary/aromatic N) is 3. The van der Waals surface area contributed by atoms with Crippen LogP contribution in [0.2, 0.25) is 0 Å². The van der Waals surface area contributed by atoms with Crippen LogP contribution in [0.4, 0.5) is 34.1 Å². The molecule has 0 aliphatic heterocycles. The Kier molecular flexibility index (Phi) is 10.2. The zero-order chi connectivity index (χ0) is 44.5. The number of para-hydroxylation sites is 5. The monoisotopic (exact) mass is 855 g/mol. The summed E-state index contributed by atoms with van der Waals surface area (Å²) in [7, 11) is 0. The summed E-state index contributed by atoms with van der Waals surface area (Å²) in [6, 6.07) is 93.8. The largest absolute Gasteiger partial charge is 0.311 e. The van der Waals surface area contributed by atoms with Gasteiger partial charge in [0, 0.05) is 50.6 Å². The van der Waals surface area contributed by atoms with Gasteiger partial charge >= 0.3 is 0 Å². The third kappa shape index (κ3) is 7.59. The molecule has 67 heavy (non-hydrogen) atoms. The molecule has 3 nitrogen and oxygen atoms in total. The number of benzene rings is 11. The molecule has 0 aliphatic rings. The molecule has 12 rings (SSSR count). The maximum atomic E-state index is 2.46. The zero-order valence-corrected chi connectivity index (χ0v) is 36.8. The number of hydrogen-bond donors (Lipinski definition) is 0. The Morgan fingerprint density at radius 1 is 0.269 bits per heavy atom. The second-order valence-electron chi connectivity index (χ2n) is 17.0. The van der Waals surface area contributed by atoms with Crippen molar-refractivity contribution in [2.45, 2.75) is 0 Å². The van der Waals surface area contributed by atoms with Gasteiger partial charge in [0.15, 0.2) is 0 Å². The molecule has 0 fully saturated rings. The number of aromatic nitrogens is 1. The molecule has 3 heteroatoms. The van der Waals surface area contributed by atoms with E-state index in [0.29, 0.717) is 0 Å². The molecule has 1 aromatic heterocycles. The lowest BCUT2D eigenvalue weighted by Crippen LogP contribution is -2.09. The molecule has 12 aromatic rings. The van der Waals surface area contributed by atoms with Crippen molar-refractivity contribution in [3.05, 3.63) is 272 Å². The van der Waals surface area contributed by atoms with E-state index < -0.39 is 0 Å². The summed E-state index contributed by atoms with van der Waals surface area (Å²) < 4.78 is 2.46. The third-order valence-electron chi connectivity index (χ3n) is 12.9. The number of rotatable bonds is 11. The van der Waals surface area contributed by atoms with E-state index in [4.69, 9.17) is 0 Å². The van der Waals surface area contributed by atoms with E-state index in [1.807, 2.05) is 0 Å². The van der Waals surface area contributed by atoms with Gasteiger partial charge in [0.1, 0.15) is 0 Å². The van der Waals surface area contributed by atoms with E-state index in [2.05, 4.69) is 287 Å². The Bertz CT molecular complexity index is 3540. The van der Waals surface area contributed by atoms with Crippen molar-refractivity contribution in [2.24, 2.45) is 0 Å². The van der Waals surface area contributed by atoms with Gasteiger partial charge < -0.3 is 14.4 Å². The molecule has 0 bridgehead atoms. The van der Waals surface area contributed by atoms with Crippen molar-refractivity contribution >= 4 is 78.9 Å². The van der Waals surface area contributed by atoms with Gasteiger partial charge in [0.25, 0.3) is 0 Å². The van der Waals surface area contributed by atoms with Gasteiger partial charge in [-0.25, -0.2) is 0 Å². The van der Waals surface area contributed by atoms with Gasteiger partial charge in [-0.2, -0.15) is 0 Å². The van der Waals surface area contributed by atoms with Crippen LogP contribution in [0.25, 0.3) is 72.7 Å². The van der Waals surface area contributed by atoms with Crippen molar-refractivity contribution in [1.29, 1.82) is 0 Å². The molecule has 11 aromatic carbocycles. The minimum atomic E-state index is 1.11. The minimum Gasteiger partial charge on any atom is -0.311 e. The van der Waals surface area contributed by atoms with E-state index in [-0.39, 0.29) is 0 Å². The van der Waals surface area contributed by atoms with Crippen molar-refractivity contribution in [3.63, 3.8) is 0 Å². The molecule has 0 aliphatic carbocycles. The molecule has 0 saturated carbocycles. The van der Waals surface area contributed by atoms with Crippen molar-refractivity contribution < 1.29 is 0 Å². The maximum Gasteiger partial charge on any atom is 0.0553 e. The molecular formula is C64H45N3. The van der Waals surface area contributed by atoms with Crippen LogP contribution < -0.4 is 9.80 Å². The van der Waals surface area contributed by atoms with Gasteiger partial charge in [-0.3, -0.25) is 0 Å². The van der Waals surface area contributed by atoms with Crippen LogP contribution in [0.3, 0.4) is 0 Å². The topological polar surface area (TPSA) is 11.4 Å². The van der Waals surface area contributed by atoms with Crippen LogP contribution in [-0.2, 0) is 0 Å². The quantitative estimate of drug-likeness (QED) is 0.0948. The Balaban J connectivity index is 0.867. The van der Waals surface area contributed by atoms with Gasteiger partial charge in [0.2, 0.25) is 0 Å². The maximum absolute atomic E-state index is 2.46. The summed E-state index contributed by atoms with van der Waals surface area (Å²) in [5.74, 6) is 0. The van der Waals surface area contributed by atoms with Gasteiger partial charge in [-0.1, -0.05) is 164 Å². The van der Waals surface area contributed by atoms with Crippen LogP contribution in [0, 0.1) is 0 Å². The summed E-state index contributed by atoms with van der Waals surface area (Å²) >= 11 is 0. The van der Waals surface area contributed by atoms with Gasteiger partial charge in [-0.15, -0.1) is 0 Å². The second-order valence-corrected chi connectivity index (χ2v) is 17.0. The summed E-state index contributed by atoms with van der Waals surface area (Å²) in [5.41, 5.74) is 17.4. The first-order chi connectivity index (χ1) is 33.2. The van der Waals surface area contributed by atoms with E-state index in [1.165, 1.54) is 54.8 Å². The first-order valence-electron chi connectivity index (χ1n) is 22.9. The Labute approximate surface area is 391 Å². The Morgan fingerprint density at radius 3 is 0.970 bits per heavy atom. The molecule has 0 radical (unpaired) electrons. The van der Waals surface area contributed by atoms with Crippen LogP contribution in [0.1, 0.15) is 11.1 Å². The Morgan fingerprint density at radius 2 is 0.582 bits per heavy atom. The van der Waals surface area contributed by atoms with Crippen molar-refractivity contribution in [2.75, 3.05) is 9.80 Å². The van der Waals surface area contributed by atoms with Crippen molar-refractivity contribution in [1.82, 2.24) is 4.57 Å². The predicted molar refractivity (Wildman–Crippen MR) is 285 cm³/mol. The lowest BCUT2D eigenvalue weighted by Gasteiger charge is -2.25. The van der Waals surface area contributed by atoms with Gasteiger partial charge in [-0.05, 0) is 153 Å². The number of hydrogen-bond acceptors (Lipinski definition) is 2. The molecule has 0 N–H and O–H groups in total. The fraction of sp³-hybridized carbons (Fsp3) is 0. The number of anilines is 6. The highest BCUT2D eigenvalue weighted by atomic mass is 15.1. The summed E-state index contributed by atoms with van der Waals surface area (Å²) in [4.78, 5) is 4.60. The summed E-state index contributed by atoms with van der Waals surface area (Å²) in [6.45, 7) is 0. The summed E-state index contributed by atoms with van der Waals surface area (Å²) in [6.07, 6.45) is 4.39. The normalized spacial score (nSPS) is 11.5. The standard InChI is InChI=1S/C64H45N3/c1-6-16-54(17-7-1)65(55-18-8-2-9-19-55)59-38-30-47(31-39-59)27-26-46-28-32-48(33-29-46)52-42-50-34-35-51-43-53(45-62-64(51)63(50)61(44-52)67(62)58-24-14-5-15-25-58)49-36-40-60(41-37-49)66(56-20-10-3-11-21-56)57-22-12-4-13-23-57/h1-45H/b27-26+. The molecule has 0 amide bonds. The molecule has 1 heterocycles. The molecule has 0 saturated heterocycles. The average molecular weight is 856 g/mol. The predicted octanol–water partition coefficient (Wildman–Crippen LogP) is 17.8. The van der Waals surface area contributed by atoms with E-state index >= 15 is 0 Å². The Hall–Kier alpha value is -8.92. The lowest BCUT2D eigenvalue weighted by atomic mass is 9.95. The molecule has 0 unspecified atom stereocenters. The molecule has 0 spiro atoms. The fourth-order valence-corrected chi connectivity index (χ4v) is 9.68. The molecule has 316 valence electrons. The second kappa shape index (κ2) is 17.2. The first-order valence-corrected chi connectivity index (χ1v) is 22.9. The first kappa shape index (κ1) is 39.7. The highest BCUT2D eigenvalue weighted by molar-refractivity contribution is 6.25. The average Bonchev–Trinajstić information content (AvgIpc) is 3.74. The zero-order valence-electron chi connectivity index (χ0n) is 36.8. The smallest absolute Gasteiger partial charge is 0.0553 e. The van der Waals surface area contributed by atoms with Crippen LogP contribution >= 0.6 is 0 Å². The fourth-order valence-electron chi connectivity index (χ4n) is 9.68. The van der Waals surface area contributed by atoms with E-state index in [9.17, 15) is 0 Å². The van der Waals surface area contributed by atoms with Gasteiger partial charge in [0.05, 0.1) is 11.0 Å². The van der Waals surface area contributed by atoms with Crippen LogP contribution in [-0.4, -0.2) is 4.57 Å². The minimum absolute atomic E-state index is 1.11. The summed E-state index contributed by atoms with van der Waals surface area (Å²) in [5, 5.41) is 5.07. The SMILES string of the molecule is C(=C\c1ccc(N(c2ccccc2)c2ccccc2)cc1)/c1ccc(-c2cc3ccc4cc(-c5ccc(N(c6ccccc6)c6ccccc6)cc5)cc5c4c3c(c2)n5-c2ccccc2)cc1. The van der Waals surface area contributed by atoms with E-state index in [1.54, 1.807) is 0 Å². The highest BCUT2D eigenvalue weighted by Crippen LogP contribution is 2.44. The van der Waals surface area contributed by atoms with E-state index in [0.717, 1.165) is 50.9 Å². The third-order valence-corrected chi connectivity index (χ3v) is 12.9. The van der Waals surface area contributed by atoms with Crippen LogP contribution in [0.15, 0.2) is 261 Å². The molecule has 0 atom stereocenters. The lowest BCUT2D eigenvalue weighted by molar-refractivity contribution is 1.18. The van der Waals surface area contributed by atoms with Crippen LogP contribution in [0.5, 0.6) is 0 Å².